The van der Waals surface area contributed by atoms with Gasteiger partial charge in [0.2, 0.25) is 0 Å². The number of aromatic nitrogens is 2. The number of nitrogens with one attached hydrogen (secondary N) is 1. The number of rotatable bonds is 2. The molecule has 0 radical (unpaired) electrons. The molecule has 0 atom stereocenters. The van der Waals surface area contributed by atoms with E-state index >= 15 is 0 Å². The lowest BCUT2D eigenvalue weighted by Gasteiger charge is -2.08. The summed E-state index contributed by atoms with van der Waals surface area (Å²) in [6, 6.07) is 7.95. The fourth-order valence-electron chi connectivity index (χ4n) is 2.45. The summed E-state index contributed by atoms with van der Waals surface area (Å²) in [6.07, 6.45) is 0. The molecule has 2 aromatic carbocycles. The standard InChI is InChI=1S/C16H13F2N3O2/c1-20-12-7-6-9(8-13(12)21(2)16(20)23)15(22)19-14-10(17)4-3-5-11(14)18/h3-8H,1-2H3,(H,19,22). The Kier molecular flexibility index (Phi) is 3.48. The molecule has 23 heavy (non-hydrogen) atoms. The number of benzene rings is 2. The van der Waals surface area contributed by atoms with Crippen LogP contribution in [0.1, 0.15) is 10.4 Å². The number of hydrogen-bond donors (Lipinski definition) is 1. The van der Waals surface area contributed by atoms with Crippen molar-refractivity contribution in [3.8, 4) is 0 Å². The number of hydrogen-bond acceptors (Lipinski definition) is 2. The summed E-state index contributed by atoms with van der Waals surface area (Å²) in [7, 11) is 3.21. The van der Waals surface area contributed by atoms with Crippen molar-refractivity contribution in [3.05, 3.63) is 64.1 Å². The lowest BCUT2D eigenvalue weighted by atomic mass is 10.1. The Balaban J connectivity index is 2.02. The van der Waals surface area contributed by atoms with E-state index in [1.165, 1.54) is 27.3 Å². The zero-order valence-electron chi connectivity index (χ0n) is 12.4. The zero-order chi connectivity index (χ0) is 16.7. The minimum absolute atomic E-state index is 0.196. The first-order chi connectivity index (χ1) is 10.9. The van der Waals surface area contributed by atoms with Crippen molar-refractivity contribution < 1.29 is 13.6 Å². The molecule has 3 aromatic rings. The van der Waals surface area contributed by atoms with E-state index in [2.05, 4.69) is 5.32 Å². The van der Waals surface area contributed by atoms with Crippen molar-refractivity contribution in [3.63, 3.8) is 0 Å². The number of aryl methyl sites for hydroxylation is 2. The number of anilines is 1. The second-order valence-electron chi connectivity index (χ2n) is 5.15. The van der Waals surface area contributed by atoms with Crippen LogP contribution in [0.15, 0.2) is 41.2 Å². The van der Waals surface area contributed by atoms with E-state index < -0.39 is 23.2 Å². The highest BCUT2D eigenvalue weighted by molar-refractivity contribution is 6.06. The van der Waals surface area contributed by atoms with Crippen LogP contribution in [0.3, 0.4) is 0 Å². The molecule has 1 N–H and O–H groups in total. The molecule has 3 rings (SSSR count). The number of halogens is 2. The molecule has 0 bridgehead atoms. The Morgan fingerprint density at radius 3 is 2.26 bits per heavy atom. The van der Waals surface area contributed by atoms with E-state index in [-0.39, 0.29) is 11.3 Å². The van der Waals surface area contributed by atoms with Crippen molar-refractivity contribution in [1.29, 1.82) is 0 Å². The average Bonchev–Trinajstić information content (AvgIpc) is 2.75. The summed E-state index contributed by atoms with van der Waals surface area (Å²) in [5.74, 6) is -2.37. The minimum atomic E-state index is -0.855. The Bertz CT molecular complexity index is 969. The largest absolute Gasteiger partial charge is 0.328 e. The van der Waals surface area contributed by atoms with E-state index in [0.29, 0.717) is 11.0 Å². The molecule has 0 unspecified atom stereocenters. The molecule has 0 saturated carbocycles. The van der Waals surface area contributed by atoms with Crippen LogP contribution in [0.25, 0.3) is 11.0 Å². The van der Waals surface area contributed by atoms with Gasteiger partial charge in [0.25, 0.3) is 5.91 Å². The molecule has 0 aliphatic carbocycles. The summed E-state index contributed by atoms with van der Waals surface area (Å²) < 4.78 is 30.0. The normalized spacial score (nSPS) is 11.0. The fourth-order valence-corrected chi connectivity index (χ4v) is 2.45. The van der Waals surface area contributed by atoms with E-state index in [1.807, 2.05) is 0 Å². The van der Waals surface area contributed by atoms with Crippen molar-refractivity contribution in [2.75, 3.05) is 5.32 Å². The van der Waals surface area contributed by atoms with Crippen molar-refractivity contribution in [2.45, 2.75) is 0 Å². The number of carbonyl (C=O) groups excluding carboxylic acids is 1. The molecule has 1 aromatic heterocycles. The molecule has 0 fully saturated rings. The SMILES string of the molecule is Cn1c(=O)n(C)c2cc(C(=O)Nc3c(F)cccc3F)ccc21. The smallest absolute Gasteiger partial charge is 0.317 e. The highest BCUT2D eigenvalue weighted by Crippen LogP contribution is 2.20. The third kappa shape index (κ3) is 2.40. The highest BCUT2D eigenvalue weighted by atomic mass is 19.1. The number of para-hydroxylation sites is 1. The first-order valence-corrected chi connectivity index (χ1v) is 6.81. The Hall–Kier alpha value is -2.96. The predicted octanol–water partition coefficient (Wildman–Crippen LogP) is 2.41. The van der Waals surface area contributed by atoms with Gasteiger partial charge < -0.3 is 5.32 Å². The van der Waals surface area contributed by atoms with Gasteiger partial charge >= 0.3 is 5.69 Å². The summed E-state index contributed by atoms with van der Waals surface area (Å²) in [6.45, 7) is 0. The van der Waals surface area contributed by atoms with Crippen LogP contribution in [0, 0.1) is 11.6 Å². The quantitative estimate of drug-likeness (QED) is 0.789. The monoisotopic (exact) mass is 317 g/mol. The Labute approximate surface area is 129 Å². The molecular weight excluding hydrogens is 304 g/mol. The number of carbonyl (C=O) groups is 1. The minimum Gasteiger partial charge on any atom is -0.317 e. The molecular formula is C16H13F2N3O2. The van der Waals surface area contributed by atoms with E-state index in [9.17, 15) is 18.4 Å². The first kappa shape index (κ1) is 15.0. The number of fused-ring (bicyclic) bond motifs is 1. The maximum Gasteiger partial charge on any atom is 0.328 e. The summed E-state index contributed by atoms with van der Waals surface area (Å²) >= 11 is 0. The number of nitrogens with zero attached hydrogens (tertiary/aromatic N) is 2. The lowest BCUT2D eigenvalue weighted by molar-refractivity contribution is 0.102. The van der Waals surface area contributed by atoms with Gasteiger partial charge in [0.15, 0.2) is 0 Å². The summed E-state index contributed by atoms with van der Waals surface area (Å²) in [4.78, 5) is 24.1. The van der Waals surface area contributed by atoms with Crippen LogP contribution in [-0.4, -0.2) is 15.0 Å². The molecule has 0 aliphatic heterocycles. The van der Waals surface area contributed by atoms with Gasteiger partial charge in [-0.05, 0) is 30.3 Å². The van der Waals surface area contributed by atoms with Crippen molar-refractivity contribution >= 4 is 22.6 Å². The van der Waals surface area contributed by atoms with Crippen LogP contribution < -0.4 is 11.0 Å². The van der Waals surface area contributed by atoms with Gasteiger partial charge in [-0.1, -0.05) is 6.07 Å². The van der Waals surface area contributed by atoms with Gasteiger partial charge in [-0.25, -0.2) is 13.6 Å². The van der Waals surface area contributed by atoms with Crippen LogP contribution in [0.4, 0.5) is 14.5 Å². The molecule has 1 heterocycles. The molecule has 118 valence electrons. The Morgan fingerprint density at radius 1 is 1.00 bits per heavy atom. The molecule has 0 aliphatic rings. The van der Waals surface area contributed by atoms with Gasteiger partial charge in [-0.15, -0.1) is 0 Å². The fraction of sp³-hybridized carbons (Fsp3) is 0.125. The van der Waals surface area contributed by atoms with Crippen LogP contribution in [-0.2, 0) is 14.1 Å². The third-order valence-corrected chi connectivity index (χ3v) is 3.74. The summed E-state index contributed by atoms with van der Waals surface area (Å²) in [5.41, 5.74) is 0.684. The van der Waals surface area contributed by atoms with Crippen LogP contribution >= 0.6 is 0 Å². The maximum absolute atomic E-state index is 13.6. The number of imidazole rings is 1. The summed E-state index contributed by atoms with van der Waals surface area (Å²) in [5, 5.41) is 2.22. The van der Waals surface area contributed by atoms with Gasteiger partial charge in [-0.2, -0.15) is 0 Å². The maximum atomic E-state index is 13.6. The lowest BCUT2D eigenvalue weighted by Crippen LogP contribution is -2.19. The molecule has 1 amide bonds. The van der Waals surface area contributed by atoms with Crippen molar-refractivity contribution in [2.24, 2.45) is 14.1 Å². The third-order valence-electron chi connectivity index (χ3n) is 3.74. The second-order valence-corrected chi connectivity index (χ2v) is 5.15. The van der Waals surface area contributed by atoms with Crippen LogP contribution in [0.5, 0.6) is 0 Å². The average molecular weight is 317 g/mol. The topological polar surface area (TPSA) is 56.0 Å². The predicted molar refractivity (Wildman–Crippen MR) is 82.5 cm³/mol. The molecule has 0 saturated heterocycles. The second kappa shape index (κ2) is 5.35. The highest BCUT2D eigenvalue weighted by Gasteiger charge is 2.15. The Morgan fingerprint density at radius 2 is 1.61 bits per heavy atom. The van der Waals surface area contributed by atoms with Crippen molar-refractivity contribution in [1.82, 2.24) is 9.13 Å². The van der Waals surface area contributed by atoms with Gasteiger partial charge in [0.05, 0.1) is 11.0 Å². The van der Waals surface area contributed by atoms with Gasteiger partial charge in [-0.3, -0.25) is 13.9 Å². The molecule has 7 heteroatoms. The molecule has 5 nitrogen and oxygen atoms in total. The first-order valence-electron chi connectivity index (χ1n) is 6.81. The van der Waals surface area contributed by atoms with Crippen LogP contribution in [0.2, 0.25) is 0 Å². The number of amides is 1. The van der Waals surface area contributed by atoms with Gasteiger partial charge in [0.1, 0.15) is 17.3 Å². The van der Waals surface area contributed by atoms with E-state index in [4.69, 9.17) is 0 Å². The zero-order valence-corrected chi connectivity index (χ0v) is 12.4. The molecule has 0 spiro atoms. The van der Waals surface area contributed by atoms with E-state index in [0.717, 1.165) is 12.1 Å². The van der Waals surface area contributed by atoms with E-state index in [1.54, 1.807) is 20.2 Å². The van der Waals surface area contributed by atoms with Gasteiger partial charge in [0, 0.05) is 19.7 Å².